The lowest BCUT2D eigenvalue weighted by Crippen LogP contribution is -2.13. The van der Waals surface area contributed by atoms with Gasteiger partial charge in [0.15, 0.2) is 11.6 Å². The Labute approximate surface area is 189 Å². The second kappa shape index (κ2) is 7.89. The largest absolute Gasteiger partial charge is 0.474 e. The predicted octanol–water partition coefficient (Wildman–Crippen LogP) is 3.64. The number of halogens is 1. The fourth-order valence-electron chi connectivity index (χ4n) is 4.08. The standard InChI is InChI=1S/C23H19ClN6O2/c24-16-6-7-18-17(10-16)22-28-27-20(13-31-12-15-4-2-1-3-5-15)29(22)11-19-21(26-14-30(18)19)23-25-8-9-32-23/h1-7,10,14H,8-9,11-13H2. The van der Waals surface area contributed by atoms with Crippen LogP contribution in [-0.4, -0.2) is 43.4 Å². The highest BCUT2D eigenvalue weighted by molar-refractivity contribution is 6.31. The number of nitrogens with zero attached hydrogens (tertiary/aromatic N) is 6. The molecule has 0 saturated carbocycles. The molecule has 0 aliphatic carbocycles. The van der Waals surface area contributed by atoms with Crippen molar-refractivity contribution in [2.75, 3.05) is 13.2 Å². The van der Waals surface area contributed by atoms with Crippen LogP contribution >= 0.6 is 11.6 Å². The molecule has 0 radical (unpaired) electrons. The first kappa shape index (κ1) is 19.2. The quantitative estimate of drug-likeness (QED) is 0.412. The second-order valence-electron chi connectivity index (χ2n) is 7.61. The van der Waals surface area contributed by atoms with Gasteiger partial charge in [-0.3, -0.25) is 4.57 Å². The van der Waals surface area contributed by atoms with Gasteiger partial charge in [0.2, 0.25) is 5.90 Å². The average Bonchev–Trinajstić information content (AvgIpc) is 3.54. The Kier molecular flexibility index (Phi) is 4.74. The van der Waals surface area contributed by atoms with E-state index in [0.717, 1.165) is 39.9 Å². The number of hydrogen-bond donors (Lipinski definition) is 0. The van der Waals surface area contributed by atoms with E-state index in [1.807, 2.05) is 48.5 Å². The summed E-state index contributed by atoms with van der Waals surface area (Å²) < 4.78 is 15.8. The first-order valence-electron chi connectivity index (χ1n) is 10.4. The van der Waals surface area contributed by atoms with Crippen LogP contribution in [-0.2, 0) is 29.2 Å². The van der Waals surface area contributed by atoms with Crippen LogP contribution in [0.1, 0.15) is 22.8 Å². The van der Waals surface area contributed by atoms with E-state index >= 15 is 0 Å². The summed E-state index contributed by atoms with van der Waals surface area (Å²) in [5.41, 5.74) is 4.62. The van der Waals surface area contributed by atoms with Gasteiger partial charge >= 0.3 is 0 Å². The maximum Gasteiger partial charge on any atom is 0.237 e. The van der Waals surface area contributed by atoms with Gasteiger partial charge in [-0.25, -0.2) is 9.98 Å². The molecule has 0 saturated heterocycles. The molecule has 0 bridgehead atoms. The first-order chi connectivity index (χ1) is 15.8. The molecule has 2 aliphatic heterocycles. The highest BCUT2D eigenvalue weighted by atomic mass is 35.5. The van der Waals surface area contributed by atoms with Gasteiger partial charge in [0.1, 0.15) is 25.2 Å². The van der Waals surface area contributed by atoms with Crippen LogP contribution in [0.2, 0.25) is 5.02 Å². The van der Waals surface area contributed by atoms with Crippen LogP contribution in [0.4, 0.5) is 0 Å². The topological polar surface area (TPSA) is 79.3 Å². The summed E-state index contributed by atoms with van der Waals surface area (Å²) in [6.45, 7) is 2.56. The van der Waals surface area contributed by atoms with Crippen molar-refractivity contribution in [1.82, 2.24) is 24.3 Å². The minimum atomic E-state index is 0.332. The van der Waals surface area contributed by atoms with Gasteiger partial charge in [-0.15, -0.1) is 10.2 Å². The van der Waals surface area contributed by atoms with Crippen LogP contribution < -0.4 is 0 Å². The first-order valence-corrected chi connectivity index (χ1v) is 10.7. The van der Waals surface area contributed by atoms with Crippen molar-refractivity contribution in [3.8, 4) is 17.1 Å². The van der Waals surface area contributed by atoms with E-state index < -0.39 is 0 Å². The molecule has 0 amide bonds. The molecule has 9 heteroatoms. The van der Waals surface area contributed by atoms with Crippen LogP contribution in [0.5, 0.6) is 0 Å². The number of rotatable bonds is 5. The molecule has 4 aromatic rings. The summed E-state index contributed by atoms with van der Waals surface area (Å²) in [5.74, 6) is 2.05. The maximum atomic E-state index is 6.34. The molecular weight excluding hydrogens is 428 g/mol. The van der Waals surface area contributed by atoms with Gasteiger partial charge in [-0.05, 0) is 23.8 Å². The Bertz CT molecular complexity index is 1330. The lowest BCUT2D eigenvalue weighted by Gasteiger charge is -2.10. The van der Waals surface area contributed by atoms with Crippen molar-refractivity contribution in [2.45, 2.75) is 19.8 Å². The number of benzene rings is 2. The van der Waals surface area contributed by atoms with Crippen molar-refractivity contribution in [2.24, 2.45) is 4.99 Å². The molecule has 160 valence electrons. The number of aromatic nitrogens is 5. The Balaban J connectivity index is 1.41. The Hall–Kier alpha value is -3.49. The molecule has 32 heavy (non-hydrogen) atoms. The zero-order valence-electron chi connectivity index (χ0n) is 17.1. The minimum Gasteiger partial charge on any atom is -0.474 e. The van der Waals surface area contributed by atoms with Crippen LogP contribution in [0.3, 0.4) is 0 Å². The molecule has 2 aromatic carbocycles. The normalized spacial score (nSPS) is 14.2. The van der Waals surface area contributed by atoms with Gasteiger partial charge < -0.3 is 14.0 Å². The Morgan fingerprint density at radius 2 is 1.97 bits per heavy atom. The monoisotopic (exact) mass is 446 g/mol. The van der Waals surface area contributed by atoms with Crippen LogP contribution in [0, 0.1) is 0 Å². The van der Waals surface area contributed by atoms with Gasteiger partial charge in [0, 0.05) is 10.6 Å². The van der Waals surface area contributed by atoms with Crippen molar-refractivity contribution >= 4 is 17.5 Å². The second-order valence-corrected chi connectivity index (χ2v) is 8.05. The lowest BCUT2D eigenvalue weighted by atomic mass is 10.1. The molecule has 6 rings (SSSR count). The number of hydrogen-bond acceptors (Lipinski definition) is 6. The van der Waals surface area contributed by atoms with E-state index in [2.05, 4.69) is 29.3 Å². The van der Waals surface area contributed by atoms with E-state index in [1.54, 1.807) is 6.33 Å². The van der Waals surface area contributed by atoms with Crippen LogP contribution in [0.25, 0.3) is 17.1 Å². The fourth-order valence-corrected chi connectivity index (χ4v) is 4.25. The molecule has 4 heterocycles. The summed E-state index contributed by atoms with van der Waals surface area (Å²) in [5, 5.41) is 9.56. The third kappa shape index (κ3) is 3.28. The number of fused-ring (bicyclic) bond motifs is 5. The minimum absolute atomic E-state index is 0.332. The van der Waals surface area contributed by atoms with Crippen molar-refractivity contribution < 1.29 is 9.47 Å². The third-order valence-corrected chi connectivity index (χ3v) is 5.83. The molecule has 0 spiro atoms. The summed E-state index contributed by atoms with van der Waals surface area (Å²) in [6, 6.07) is 15.8. The van der Waals surface area contributed by atoms with E-state index in [0.29, 0.717) is 43.8 Å². The highest BCUT2D eigenvalue weighted by Gasteiger charge is 2.28. The van der Waals surface area contributed by atoms with Gasteiger partial charge in [0.05, 0.1) is 31.1 Å². The Morgan fingerprint density at radius 1 is 1.06 bits per heavy atom. The van der Waals surface area contributed by atoms with E-state index in [1.165, 1.54) is 0 Å². The van der Waals surface area contributed by atoms with E-state index in [-0.39, 0.29) is 0 Å². The lowest BCUT2D eigenvalue weighted by molar-refractivity contribution is 0.0994. The van der Waals surface area contributed by atoms with Crippen molar-refractivity contribution in [1.29, 1.82) is 0 Å². The third-order valence-electron chi connectivity index (χ3n) is 5.59. The molecule has 2 aromatic heterocycles. The Morgan fingerprint density at radius 3 is 2.81 bits per heavy atom. The number of imidazole rings is 1. The summed E-state index contributed by atoms with van der Waals surface area (Å²) in [7, 11) is 0. The summed E-state index contributed by atoms with van der Waals surface area (Å²) in [4.78, 5) is 9.09. The van der Waals surface area contributed by atoms with Crippen molar-refractivity contribution in [3.05, 3.63) is 82.7 Å². The number of ether oxygens (including phenoxy) is 2. The van der Waals surface area contributed by atoms with Crippen molar-refractivity contribution in [3.63, 3.8) is 0 Å². The smallest absolute Gasteiger partial charge is 0.237 e. The zero-order valence-corrected chi connectivity index (χ0v) is 17.9. The highest BCUT2D eigenvalue weighted by Crippen LogP contribution is 2.34. The van der Waals surface area contributed by atoms with Gasteiger partial charge in [0.25, 0.3) is 0 Å². The molecule has 0 N–H and O–H groups in total. The molecular formula is C23H19ClN6O2. The maximum absolute atomic E-state index is 6.34. The molecule has 2 aliphatic rings. The van der Waals surface area contributed by atoms with E-state index in [9.17, 15) is 0 Å². The molecule has 0 atom stereocenters. The SMILES string of the molecule is Clc1ccc2c(c1)-c1nnc(COCc3ccccc3)n1Cc1c(C3=NCCO3)ncn1-2. The molecule has 8 nitrogen and oxygen atoms in total. The van der Waals surface area contributed by atoms with Gasteiger partial charge in [-0.2, -0.15) is 0 Å². The van der Waals surface area contributed by atoms with E-state index in [4.69, 9.17) is 21.1 Å². The fraction of sp³-hybridized carbons (Fsp3) is 0.217. The van der Waals surface area contributed by atoms with Gasteiger partial charge in [-0.1, -0.05) is 41.9 Å². The zero-order chi connectivity index (χ0) is 21.5. The molecule has 0 unspecified atom stereocenters. The predicted molar refractivity (Wildman–Crippen MR) is 119 cm³/mol. The summed E-state index contributed by atoms with van der Waals surface area (Å²) in [6.07, 6.45) is 1.80. The summed E-state index contributed by atoms with van der Waals surface area (Å²) >= 11 is 6.34. The number of aliphatic imine (C=N–C) groups is 1. The van der Waals surface area contributed by atoms with Crippen LogP contribution in [0.15, 0.2) is 59.9 Å². The molecule has 0 fully saturated rings. The average molecular weight is 447 g/mol.